The lowest BCUT2D eigenvalue weighted by molar-refractivity contribution is -0.145. The molecule has 7 nitrogen and oxygen atoms in total. The molecule has 1 aliphatic carbocycles. The van der Waals surface area contributed by atoms with Gasteiger partial charge in [-0.15, -0.1) is 6.42 Å². The second-order valence-corrected chi connectivity index (χ2v) is 8.08. The number of carboxylic acid groups (broad SMARTS) is 1. The van der Waals surface area contributed by atoms with Gasteiger partial charge in [-0.05, 0) is 31.0 Å². The van der Waals surface area contributed by atoms with E-state index in [-0.39, 0.29) is 17.0 Å². The van der Waals surface area contributed by atoms with Crippen LogP contribution in [0.2, 0.25) is 0 Å². The van der Waals surface area contributed by atoms with Crippen LogP contribution in [-0.4, -0.2) is 37.5 Å². The molecule has 0 aromatic heterocycles. The molecule has 26 heavy (non-hydrogen) atoms. The van der Waals surface area contributed by atoms with Crippen LogP contribution in [0.4, 0.5) is 0 Å². The molecule has 3 N–H and O–H groups in total. The third kappa shape index (κ3) is 4.62. The van der Waals surface area contributed by atoms with Gasteiger partial charge in [-0.3, -0.25) is 4.79 Å². The zero-order valence-corrected chi connectivity index (χ0v) is 15.1. The van der Waals surface area contributed by atoms with Crippen molar-refractivity contribution in [2.24, 2.45) is 0 Å². The number of sulfonamides is 1. The van der Waals surface area contributed by atoms with Gasteiger partial charge in [0, 0.05) is 5.56 Å². The van der Waals surface area contributed by atoms with Gasteiger partial charge in [-0.2, -0.15) is 4.72 Å². The molecule has 0 aliphatic heterocycles. The summed E-state index contributed by atoms with van der Waals surface area (Å²) in [6.45, 7) is -0.166. The first-order valence-corrected chi connectivity index (χ1v) is 9.88. The van der Waals surface area contributed by atoms with Crippen molar-refractivity contribution >= 4 is 21.9 Å². The summed E-state index contributed by atoms with van der Waals surface area (Å²) in [4.78, 5) is 24.3. The fourth-order valence-electron chi connectivity index (χ4n) is 3.04. The molecule has 1 aromatic carbocycles. The number of benzene rings is 1. The van der Waals surface area contributed by atoms with E-state index in [9.17, 15) is 23.1 Å². The quantitative estimate of drug-likeness (QED) is 0.513. The van der Waals surface area contributed by atoms with Crippen molar-refractivity contribution in [2.75, 3.05) is 6.54 Å². The van der Waals surface area contributed by atoms with Crippen molar-refractivity contribution in [1.82, 2.24) is 10.0 Å². The van der Waals surface area contributed by atoms with Crippen molar-refractivity contribution in [3.05, 3.63) is 29.8 Å². The highest BCUT2D eigenvalue weighted by Gasteiger charge is 2.40. The molecule has 0 radical (unpaired) electrons. The second kappa shape index (κ2) is 8.34. The van der Waals surface area contributed by atoms with Crippen molar-refractivity contribution in [3.8, 4) is 12.3 Å². The second-order valence-electron chi connectivity index (χ2n) is 6.31. The Labute approximate surface area is 153 Å². The Bertz CT molecular complexity index is 818. The highest BCUT2D eigenvalue weighted by Crippen LogP contribution is 2.28. The number of hydrogen-bond donors (Lipinski definition) is 3. The van der Waals surface area contributed by atoms with Crippen molar-refractivity contribution in [3.63, 3.8) is 0 Å². The van der Waals surface area contributed by atoms with E-state index >= 15 is 0 Å². The molecule has 0 heterocycles. The van der Waals surface area contributed by atoms with Gasteiger partial charge >= 0.3 is 5.97 Å². The first-order chi connectivity index (χ1) is 12.3. The molecule has 1 amide bonds. The van der Waals surface area contributed by atoms with Gasteiger partial charge in [0.2, 0.25) is 10.0 Å². The number of carbonyl (C=O) groups is 2. The normalized spacial score (nSPS) is 16.9. The Hall–Kier alpha value is -2.37. The average molecular weight is 378 g/mol. The third-order valence-electron chi connectivity index (χ3n) is 4.49. The average Bonchev–Trinajstić information content (AvgIpc) is 2.86. The monoisotopic (exact) mass is 378 g/mol. The molecular weight excluding hydrogens is 356 g/mol. The first-order valence-electron chi connectivity index (χ1n) is 8.40. The Kier molecular flexibility index (Phi) is 6.40. The Balaban J connectivity index is 2.25. The highest BCUT2D eigenvalue weighted by atomic mass is 32.2. The maximum atomic E-state index is 12.6. The summed E-state index contributed by atoms with van der Waals surface area (Å²) in [6.07, 6.45) is 9.07. The Morgan fingerprint density at radius 1 is 1.19 bits per heavy atom. The number of carbonyl (C=O) groups excluding carboxylic acids is 1. The summed E-state index contributed by atoms with van der Waals surface area (Å²) in [5, 5.41) is 12.3. The lowest BCUT2D eigenvalue weighted by Crippen LogP contribution is -2.54. The Morgan fingerprint density at radius 2 is 1.85 bits per heavy atom. The van der Waals surface area contributed by atoms with Gasteiger partial charge in [0.05, 0.1) is 11.4 Å². The van der Waals surface area contributed by atoms with Gasteiger partial charge in [0.15, 0.2) is 0 Å². The van der Waals surface area contributed by atoms with Crippen molar-refractivity contribution < 1.29 is 23.1 Å². The molecule has 0 atom stereocenters. The van der Waals surface area contributed by atoms with Crippen LogP contribution in [0.5, 0.6) is 0 Å². The molecule has 140 valence electrons. The lowest BCUT2D eigenvalue weighted by Gasteiger charge is -2.29. The molecule has 0 unspecified atom stereocenters. The largest absolute Gasteiger partial charge is 0.480 e. The van der Waals surface area contributed by atoms with Gasteiger partial charge in [-0.25, -0.2) is 13.2 Å². The number of carboxylic acids is 1. The smallest absolute Gasteiger partial charge is 0.329 e. The van der Waals surface area contributed by atoms with Crippen LogP contribution in [0.15, 0.2) is 29.2 Å². The van der Waals surface area contributed by atoms with Crippen LogP contribution in [0, 0.1) is 12.3 Å². The SMILES string of the molecule is C#CCNS(=O)(=O)c1cccc(C(=O)NC2(C(=O)O)CCCCCC2)c1. The minimum Gasteiger partial charge on any atom is -0.480 e. The van der Waals surface area contributed by atoms with E-state index in [1.807, 2.05) is 0 Å². The zero-order chi connectivity index (χ0) is 19.2. The van der Waals surface area contributed by atoms with Crippen LogP contribution in [0.1, 0.15) is 48.9 Å². The van der Waals surface area contributed by atoms with E-state index in [1.54, 1.807) is 0 Å². The minimum absolute atomic E-state index is 0.0819. The minimum atomic E-state index is -3.84. The number of rotatable bonds is 6. The molecule has 0 bridgehead atoms. The van der Waals surface area contributed by atoms with E-state index in [0.717, 1.165) is 25.7 Å². The van der Waals surface area contributed by atoms with Gasteiger partial charge in [-0.1, -0.05) is 37.7 Å². The molecule has 0 spiro atoms. The molecule has 0 saturated heterocycles. The van der Waals surface area contributed by atoms with E-state index in [4.69, 9.17) is 6.42 Å². The Morgan fingerprint density at radius 3 is 2.42 bits per heavy atom. The zero-order valence-electron chi connectivity index (χ0n) is 14.3. The highest BCUT2D eigenvalue weighted by molar-refractivity contribution is 7.89. The lowest BCUT2D eigenvalue weighted by atomic mass is 9.90. The van der Waals surface area contributed by atoms with E-state index in [2.05, 4.69) is 16.0 Å². The molecule has 1 aromatic rings. The van der Waals surface area contributed by atoms with Gasteiger partial charge < -0.3 is 10.4 Å². The standard InChI is InChI=1S/C18H22N2O5S/c1-2-12-19-26(24,25)15-9-7-8-14(13-15)16(21)20-18(17(22)23)10-5-3-4-6-11-18/h1,7-9,13,19H,3-6,10-12H2,(H,20,21)(H,22,23). The number of terminal acetylenes is 1. The fourth-order valence-corrected chi connectivity index (χ4v) is 4.02. The van der Waals surface area contributed by atoms with Crippen LogP contribution in [0.25, 0.3) is 0 Å². The maximum Gasteiger partial charge on any atom is 0.329 e. The number of aliphatic carboxylic acids is 1. The molecule has 8 heteroatoms. The maximum absolute atomic E-state index is 12.6. The van der Waals surface area contributed by atoms with E-state index < -0.39 is 27.4 Å². The summed E-state index contributed by atoms with van der Waals surface area (Å²) in [7, 11) is -3.84. The summed E-state index contributed by atoms with van der Waals surface area (Å²) in [6, 6.07) is 5.43. The third-order valence-corrected chi connectivity index (χ3v) is 5.89. The van der Waals surface area contributed by atoms with Crippen LogP contribution >= 0.6 is 0 Å². The van der Waals surface area contributed by atoms with Crippen LogP contribution in [0.3, 0.4) is 0 Å². The van der Waals surface area contributed by atoms with Gasteiger partial charge in [0.25, 0.3) is 5.91 Å². The van der Waals surface area contributed by atoms with Crippen molar-refractivity contribution in [2.45, 2.75) is 49.0 Å². The molecule has 2 rings (SSSR count). The molecule has 1 saturated carbocycles. The molecule has 1 fully saturated rings. The van der Waals surface area contributed by atoms with Crippen LogP contribution < -0.4 is 10.0 Å². The summed E-state index contributed by atoms with van der Waals surface area (Å²) >= 11 is 0. The van der Waals surface area contributed by atoms with Crippen molar-refractivity contribution in [1.29, 1.82) is 0 Å². The fraction of sp³-hybridized carbons (Fsp3) is 0.444. The van der Waals surface area contributed by atoms with Crippen LogP contribution in [-0.2, 0) is 14.8 Å². The summed E-state index contributed by atoms with van der Waals surface area (Å²) < 4.78 is 26.5. The number of nitrogens with one attached hydrogen (secondary N) is 2. The predicted molar refractivity (Wildman–Crippen MR) is 96.0 cm³/mol. The number of hydrogen-bond acceptors (Lipinski definition) is 4. The topological polar surface area (TPSA) is 113 Å². The first kappa shape index (κ1) is 19.9. The molecule has 1 aliphatic rings. The van der Waals surface area contributed by atoms with Gasteiger partial charge in [0.1, 0.15) is 5.54 Å². The number of amides is 1. The van der Waals surface area contributed by atoms with E-state index in [0.29, 0.717) is 12.8 Å². The molecular formula is C18H22N2O5S. The predicted octanol–water partition coefficient (Wildman–Crippen LogP) is 1.51. The summed E-state index contributed by atoms with van der Waals surface area (Å²) in [5.41, 5.74) is -1.23. The van der Waals surface area contributed by atoms with E-state index in [1.165, 1.54) is 24.3 Å². The summed E-state index contributed by atoms with van der Waals surface area (Å²) in [5.74, 6) is 0.503.